The lowest BCUT2D eigenvalue weighted by Gasteiger charge is -2.17. The van der Waals surface area contributed by atoms with Gasteiger partial charge in [-0.15, -0.1) is 0 Å². The third-order valence-corrected chi connectivity index (χ3v) is 4.55. The number of hydrogen-bond donors (Lipinski definition) is 1. The van der Waals surface area contributed by atoms with Crippen LogP contribution in [0.25, 0.3) is 0 Å². The Morgan fingerprint density at radius 2 is 1.70 bits per heavy atom. The van der Waals surface area contributed by atoms with Crippen molar-refractivity contribution >= 4 is 27.6 Å². The lowest BCUT2D eigenvalue weighted by Crippen LogP contribution is -2.32. The van der Waals surface area contributed by atoms with Gasteiger partial charge in [0.15, 0.2) is 5.78 Å². The Bertz CT molecular complexity index is 743. The number of amides is 1. The molecule has 3 rings (SSSR count). The van der Waals surface area contributed by atoms with E-state index in [2.05, 4.69) is 15.9 Å². The van der Waals surface area contributed by atoms with Crippen molar-refractivity contribution in [3.8, 4) is 0 Å². The summed E-state index contributed by atoms with van der Waals surface area (Å²) in [5.74, 6) is -0.274. The van der Waals surface area contributed by atoms with Crippen molar-refractivity contribution in [1.82, 2.24) is 4.90 Å². The molecule has 0 aliphatic carbocycles. The Hall–Kier alpha value is -1.98. The number of carbonyl (C=O) groups excluding carboxylic acids is 2. The first-order chi connectivity index (χ1) is 11.1. The highest BCUT2D eigenvalue weighted by Crippen LogP contribution is 2.20. The van der Waals surface area contributed by atoms with E-state index in [0.29, 0.717) is 29.8 Å². The van der Waals surface area contributed by atoms with Crippen molar-refractivity contribution in [2.75, 3.05) is 13.1 Å². The highest BCUT2D eigenvalue weighted by Gasteiger charge is 2.27. The molecule has 1 saturated heterocycles. The zero-order valence-electron chi connectivity index (χ0n) is 12.5. The van der Waals surface area contributed by atoms with Crippen molar-refractivity contribution < 1.29 is 9.59 Å². The summed E-state index contributed by atoms with van der Waals surface area (Å²) in [4.78, 5) is 27.2. The minimum Gasteiger partial charge on any atom is -0.337 e. The van der Waals surface area contributed by atoms with E-state index in [0.717, 1.165) is 10.9 Å². The molecule has 5 heteroatoms. The molecule has 4 nitrogen and oxygen atoms in total. The van der Waals surface area contributed by atoms with Crippen LogP contribution < -0.4 is 5.73 Å². The summed E-state index contributed by atoms with van der Waals surface area (Å²) < 4.78 is 0.907. The van der Waals surface area contributed by atoms with Crippen LogP contribution in [0, 0.1) is 0 Å². The Morgan fingerprint density at radius 3 is 2.30 bits per heavy atom. The maximum absolute atomic E-state index is 12.8. The van der Waals surface area contributed by atoms with Crippen LogP contribution >= 0.6 is 15.9 Å². The average Bonchev–Trinajstić information content (AvgIpc) is 3.01. The van der Waals surface area contributed by atoms with Crippen LogP contribution in [0.4, 0.5) is 0 Å². The summed E-state index contributed by atoms with van der Waals surface area (Å²) in [6, 6.07) is 14.1. The van der Waals surface area contributed by atoms with E-state index >= 15 is 0 Å². The highest BCUT2D eigenvalue weighted by atomic mass is 79.9. The van der Waals surface area contributed by atoms with E-state index in [9.17, 15) is 9.59 Å². The first kappa shape index (κ1) is 15.9. The van der Waals surface area contributed by atoms with E-state index in [-0.39, 0.29) is 17.7 Å². The molecule has 0 saturated carbocycles. The first-order valence-corrected chi connectivity index (χ1v) is 8.29. The van der Waals surface area contributed by atoms with Crippen LogP contribution in [0.1, 0.15) is 32.7 Å². The van der Waals surface area contributed by atoms with Gasteiger partial charge in [0, 0.05) is 34.7 Å². The fourth-order valence-electron chi connectivity index (χ4n) is 2.77. The van der Waals surface area contributed by atoms with Gasteiger partial charge in [-0.3, -0.25) is 9.59 Å². The second-order valence-electron chi connectivity index (χ2n) is 5.68. The van der Waals surface area contributed by atoms with Crippen LogP contribution in [0.5, 0.6) is 0 Å². The summed E-state index contributed by atoms with van der Waals surface area (Å²) >= 11 is 3.35. The van der Waals surface area contributed by atoms with Gasteiger partial charge in [0.1, 0.15) is 0 Å². The number of hydrogen-bond acceptors (Lipinski definition) is 3. The van der Waals surface area contributed by atoms with Gasteiger partial charge in [-0.05, 0) is 36.8 Å². The molecule has 0 radical (unpaired) electrons. The summed E-state index contributed by atoms with van der Waals surface area (Å²) in [7, 11) is 0. The zero-order valence-corrected chi connectivity index (χ0v) is 14.1. The summed E-state index contributed by atoms with van der Waals surface area (Å²) in [6.45, 7) is 1.18. The van der Waals surface area contributed by atoms with Crippen LogP contribution in [0.15, 0.2) is 53.0 Å². The van der Waals surface area contributed by atoms with Gasteiger partial charge in [0.2, 0.25) is 0 Å². The molecule has 1 amide bonds. The van der Waals surface area contributed by atoms with Crippen molar-refractivity contribution in [2.24, 2.45) is 5.73 Å². The number of carbonyl (C=O) groups is 2. The molecular weight excluding hydrogens is 356 g/mol. The molecule has 2 N–H and O–H groups in total. The molecule has 1 unspecified atom stereocenters. The topological polar surface area (TPSA) is 63.4 Å². The van der Waals surface area contributed by atoms with E-state index in [1.165, 1.54) is 0 Å². The minimum absolute atomic E-state index is 0.0216. The smallest absolute Gasteiger partial charge is 0.254 e. The van der Waals surface area contributed by atoms with Crippen LogP contribution in [-0.2, 0) is 0 Å². The third kappa shape index (κ3) is 3.35. The molecule has 1 fully saturated rings. The normalized spacial score (nSPS) is 17.3. The van der Waals surface area contributed by atoms with E-state index < -0.39 is 0 Å². The molecule has 0 aromatic heterocycles. The molecular formula is C18H17BrN2O2. The molecule has 118 valence electrons. The summed E-state index contributed by atoms with van der Waals surface area (Å²) in [5.41, 5.74) is 7.31. The molecule has 2 aromatic carbocycles. The second kappa shape index (κ2) is 6.64. The molecule has 1 heterocycles. The van der Waals surface area contributed by atoms with Gasteiger partial charge in [-0.2, -0.15) is 0 Å². The van der Waals surface area contributed by atoms with E-state index in [1.807, 2.05) is 12.1 Å². The fourth-order valence-corrected chi connectivity index (χ4v) is 3.03. The predicted molar refractivity (Wildman–Crippen MR) is 92.5 cm³/mol. The van der Waals surface area contributed by atoms with Crippen molar-refractivity contribution in [3.63, 3.8) is 0 Å². The van der Waals surface area contributed by atoms with Gasteiger partial charge in [0.25, 0.3) is 5.91 Å². The minimum atomic E-state index is -0.148. The SMILES string of the molecule is NC1CCN(C(=O)c2ccccc2C(=O)c2ccc(Br)cc2)C1. The predicted octanol–water partition coefficient (Wildman–Crippen LogP) is 2.85. The molecule has 0 spiro atoms. The first-order valence-electron chi connectivity index (χ1n) is 7.50. The maximum Gasteiger partial charge on any atom is 0.254 e. The number of benzene rings is 2. The highest BCUT2D eigenvalue weighted by molar-refractivity contribution is 9.10. The number of rotatable bonds is 3. The number of halogens is 1. The zero-order chi connectivity index (χ0) is 16.4. The Labute approximate surface area is 143 Å². The van der Waals surface area contributed by atoms with Gasteiger partial charge in [-0.25, -0.2) is 0 Å². The molecule has 0 bridgehead atoms. The van der Waals surface area contributed by atoms with E-state index in [4.69, 9.17) is 5.73 Å². The lowest BCUT2D eigenvalue weighted by molar-refractivity contribution is 0.0786. The number of ketones is 1. The molecule has 1 aliphatic heterocycles. The monoisotopic (exact) mass is 372 g/mol. The van der Waals surface area contributed by atoms with E-state index in [1.54, 1.807) is 41.3 Å². The Kier molecular flexibility index (Phi) is 4.59. The van der Waals surface area contributed by atoms with Gasteiger partial charge >= 0.3 is 0 Å². The molecule has 1 atom stereocenters. The molecule has 2 aromatic rings. The largest absolute Gasteiger partial charge is 0.337 e. The number of likely N-dealkylation sites (tertiary alicyclic amines) is 1. The second-order valence-corrected chi connectivity index (χ2v) is 6.60. The van der Waals surface area contributed by atoms with Gasteiger partial charge in [0.05, 0.1) is 5.56 Å². The van der Waals surface area contributed by atoms with Gasteiger partial charge in [-0.1, -0.05) is 34.1 Å². The number of nitrogens with two attached hydrogens (primary N) is 1. The van der Waals surface area contributed by atoms with Crippen LogP contribution in [0.2, 0.25) is 0 Å². The average molecular weight is 373 g/mol. The quantitative estimate of drug-likeness (QED) is 0.842. The van der Waals surface area contributed by atoms with Crippen LogP contribution in [-0.4, -0.2) is 35.7 Å². The summed E-state index contributed by atoms with van der Waals surface area (Å²) in [6.07, 6.45) is 0.800. The molecule has 23 heavy (non-hydrogen) atoms. The molecule has 1 aliphatic rings. The third-order valence-electron chi connectivity index (χ3n) is 4.02. The maximum atomic E-state index is 12.8. The van der Waals surface area contributed by atoms with Crippen molar-refractivity contribution in [3.05, 3.63) is 69.7 Å². The Morgan fingerprint density at radius 1 is 1.04 bits per heavy atom. The fraction of sp³-hybridized carbons (Fsp3) is 0.222. The summed E-state index contributed by atoms with van der Waals surface area (Å²) in [5, 5.41) is 0. The lowest BCUT2D eigenvalue weighted by atomic mass is 9.97. The van der Waals surface area contributed by atoms with Crippen molar-refractivity contribution in [2.45, 2.75) is 12.5 Å². The standard InChI is InChI=1S/C18H17BrN2O2/c19-13-7-5-12(6-8-13)17(22)15-3-1-2-4-16(15)18(23)21-10-9-14(20)11-21/h1-8,14H,9-11,20H2. The van der Waals surface area contributed by atoms with Gasteiger partial charge < -0.3 is 10.6 Å². The number of nitrogens with zero attached hydrogens (tertiary/aromatic N) is 1. The van der Waals surface area contributed by atoms with Crippen LogP contribution in [0.3, 0.4) is 0 Å². The Balaban J connectivity index is 1.93. The van der Waals surface area contributed by atoms with Crippen molar-refractivity contribution in [1.29, 1.82) is 0 Å².